The minimum absolute atomic E-state index is 0.161. The molecule has 2 atom stereocenters. The summed E-state index contributed by atoms with van der Waals surface area (Å²) in [5.74, 6) is -0.296. The number of para-hydroxylation sites is 1. The van der Waals surface area contributed by atoms with E-state index in [9.17, 15) is 9.90 Å². The summed E-state index contributed by atoms with van der Waals surface area (Å²) in [7, 11) is 0. The van der Waals surface area contributed by atoms with Gasteiger partial charge in [0.25, 0.3) is 5.91 Å². The number of rotatable bonds is 3. The van der Waals surface area contributed by atoms with Crippen molar-refractivity contribution in [3.8, 4) is 0 Å². The Morgan fingerprint density at radius 3 is 3.15 bits per heavy atom. The fraction of sp³-hybridized carbons (Fsp3) is 0.429. The molecule has 2 aromatic rings. The number of carbonyl (C=O) groups is 1. The van der Waals surface area contributed by atoms with Gasteiger partial charge in [-0.25, -0.2) is 0 Å². The maximum Gasteiger partial charge on any atom is 0.272 e. The number of benzene rings is 1. The number of aliphatic hydroxyl groups is 1. The molecule has 2 unspecified atom stereocenters. The van der Waals surface area contributed by atoms with Crippen LogP contribution in [-0.4, -0.2) is 46.1 Å². The molecule has 0 radical (unpaired) electrons. The third-order valence-corrected chi connectivity index (χ3v) is 3.90. The maximum absolute atomic E-state index is 12.2. The number of aromatic amines is 1. The van der Waals surface area contributed by atoms with Gasteiger partial charge in [0.2, 0.25) is 0 Å². The van der Waals surface area contributed by atoms with Crippen molar-refractivity contribution in [1.82, 2.24) is 15.5 Å². The Morgan fingerprint density at radius 2 is 2.40 bits per heavy atom. The van der Waals surface area contributed by atoms with E-state index in [2.05, 4.69) is 15.5 Å². The highest BCUT2D eigenvalue weighted by atomic mass is 16.5. The lowest BCUT2D eigenvalue weighted by molar-refractivity contribution is -0.0251. The summed E-state index contributed by atoms with van der Waals surface area (Å²) in [4.78, 5) is 12.2. The van der Waals surface area contributed by atoms with Crippen LogP contribution in [0.15, 0.2) is 24.3 Å². The van der Waals surface area contributed by atoms with Crippen molar-refractivity contribution in [2.75, 3.05) is 13.2 Å². The van der Waals surface area contributed by atoms with Crippen molar-refractivity contribution in [2.24, 2.45) is 0 Å². The zero-order valence-electron chi connectivity index (χ0n) is 11.2. The highest BCUT2D eigenvalue weighted by Crippen LogP contribution is 2.25. The second-order valence-electron chi connectivity index (χ2n) is 5.17. The first-order valence-corrected chi connectivity index (χ1v) is 6.65. The predicted molar refractivity (Wildman–Crippen MR) is 73.4 cm³/mol. The van der Waals surface area contributed by atoms with Crippen LogP contribution in [0, 0.1) is 0 Å². The van der Waals surface area contributed by atoms with Crippen LogP contribution < -0.4 is 5.32 Å². The number of H-pyrrole nitrogens is 1. The van der Waals surface area contributed by atoms with Gasteiger partial charge in [-0.05, 0) is 13.0 Å². The van der Waals surface area contributed by atoms with Gasteiger partial charge >= 0.3 is 0 Å². The molecule has 6 heteroatoms. The van der Waals surface area contributed by atoms with Gasteiger partial charge in [-0.2, -0.15) is 5.10 Å². The highest BCUT2D eigenvalue weighted by Gasteiger charge is 2.39. The average molecular weight is 275 g/mol. The summed E-state index contributed by atoms with van der Waals surface area (Å²) >= 11 is 0. The van der Waals surface area contributed by atoms with Crippen LogP contribution in [-0.2, 0) is 4.74 Å². The summed E-state index contributed by atoms with van der Waals surface area (Å²) in [5, 5.41) is 20.7. The third kappa shape index (κ3) is 2.17. The van der Waals surface area contributed by atoms with Gasteiger partial charge < -0.3 is 15.2 Å². The van der Waals surface area contributed by atoms with Gasteiger partial charge in [0.05, 0.1) is 11.6 Å². The summed E-state index contributed by atoms with van der Waals surface area (Å²) in [6.07, 6.45) is 0.245. The molecule has 0 aliphatic carbocycles. The van der Waals surface area contributed by atoms with Gasteiger partial charge in [-0.3, -0.25) is 9.89 Å². The Kier molecular flexibility index (Phi) is 3.19. The average Bonchev–Trinajstić information content (AvgIpc) is 3.01. The molecule has 0 bridgehead atoms. The Bertz CT molecular complexity index is 639. The number of nitrogens with zero attached hydrogens (tertiary/aromatic N) is 1. The van der Waals surface area contributed by atoms with E-state index in [0.29, 0.717) is 18.7 Å². The summed E-state index contributed by atoms with van der Waals surface area (Å²) in [6, 6.07) is 7.43. The molecule has 0 spiro atoms. The second kappa shape index (κ2) is 4.88. The molecule has 1 aromatic carbocycles. The van der Waals surface area contributed by atoms with Gasteiger partial charge in [0, 0.05) is 25.0 Å². The number of fused-ring (bicyclic) bond motifs is 1. The van der Waals surface area contributed by atoms with Crippen LogP contribution in [0.1, 0.15) is 23.8 Å². The molecule has 0 saturated carbocycles. The molecule has 6 nitrogen and oxygen atoms in total. The molecule has 1 aliphatic heterocycles. The lowest BCUT2D eigenvalue weighted by atomic mass is 9.96. The van der Waals surface area contributed by atoms with E-state index in [1.165, 1.54) is 0 Å². The fourth-order valence-corrected chi connectivity index (χ4v) is 2.46. The molecule has 1 saturated heterocycles. The summed E-state index contributed by atoms with van der Waals surface area (Å²) < 4.78 is 5.34. The Balaban J connectivity index is 1.74. The molecule has 3 rings (SSSR count). The Labute approximate surface area is 116 Å². The number of nitrogens with one attached hydrogen (secondary N) is 2. The number of aromatic nitrogens is 2. The molecule has 1 aliphatic rings. The Morgan fingerprint density at radius 1 is 1.60 bits per heavy atom. The van der Waals surface area contributed by atoms with E-state index >= 15 is 0 Å². The number of hydrogen-bond donors (Lipinski definition) is 3. The lowest BCUT2D eigenvalue weighted by Crippen LogP contribution is -2.47. The Hall–Kier alpha value is -1.92. The lowest BCUT2D eigenvalue weighted by Gasteiger charge is -2.25. The highest BCUT2D eigenvalue weighted by molar-refractivity contribution is 6.04. The number of hydrogen-bond acceptors (Lipinski definition) is 4. The van der Waals surface area contributed by atoms with Crippen molar-refractivity contribution < 1.29 is 14.6 Å². The van der Waals surface area contributed by atoms with E-state index in [4.69, 9.17) is 4.74 Å². The topological polar surface area (TPSA) is 87.2 Å². The molecule has 1 aromatic heterocycles. The molecule has 3 N–H and O–H groups in total. The largest absolute Gasteiger partial charge is 0.385 e. The molecule has 106 valence electrons. The zero-order valence-corrected chi connectivity index (χ0v) is 11.2. The predicted octanol–water partition coefficient (Wildman–Crippen LogP) is 0.833. The molecular formula is C14H17N3O3. The van der Waals surface area contributed by atoms with Crippen LogP contribution in [0.4, 0.5) is 0 Å². The van der Waals surface area contributed by atoms with Gasteiger partial charge in [0.1, 0.15) is 5.60 Å². The number of carbonyl (C=O) groups excluding carboxylic acids is 1. The quantitative estimate of drug-likeness (QED) is 0.774. The summed E-state index contributed by atoms with van der Waals surface area (Å²) in [6.45, 7) is 2.48. The van der Waals surface area contributed by atoms with E-state index in [-0.39, 0.29) is 18.6 Å². The van der Waals surface area contributed by atoms with Crippen LogP contribution in [0.5, 0.6) is 0 Å². The van der Waals surface area contributed by atoms with Crippen LogP contribution in [0.2, 0.25) is 0 Å². The number of amides is 1. The molecule has 2 heterocycles. The van der Waals surface area contributed by atoms with Crippen molar-refractivity contribution in [2.45, 2.75) is 25.0 Å². The number of ether oxygens (including phenoxy) is 1. The SMILES string of the molecule is CC1OCCC1(O)CNC(=O)c1n[nH]c2ccccc12. The van der Waals surface area contributed by atoms with Crippen molar-refractivity contribution in [3.63, 3.8) is 0 Å². The van der Waals surface area contributed by atoms with Crippen LogP contribution >= 0.6 is 0 Å². The maximum atomic E-state index is 12.2. The first-order chi connectivity index (χ1) is 9.60. The smallest absolute Gasteiger partial charge is 0.272 e. The standard InChI is InChI=1S/C14H17N3O3/c1-9-14(19,6-7-20-9)8-15-13(18)12-10-4-2-3-5-11(10)16-17-12/h2-5,9,19H,6-8H2,1H3,(H,15,18)(H,16,17). The molecule has 20 heavy (non-hydrogen) atoms. The summed E-state index contributed by atoms with van der Waals surface area (Å²) in [5.41, 5.74) is 0.159. The van der Waals surface area contributed by atoms with Crippen LogP contribution in [0.25, 0.3) is 10.9 Å². The van der Waals surface area contributed by atoms with E-state index < -0.39 is 5.60 Å². The third-order valence-electron chi connectivity index (χ3n) is 3.90. The molecule has 1 amide bonds. The minimum atomic E-state index is -0.998. The van der Waals surface area contributed by atoms with E-state index in [1.54, 1.807) is 0 Å². The monoisotopic (exact) mass is 275 g/mol. The first-order valence-electron chi connectivity index (χ1n) is 6.65. The fourth-order valence-electron chi connectivity index (χ4n) is 2.46. The van der Waals surface area contributed by atoms with E-state index in [1.807, 2.05) is 31.2 Å². The van der Waals surface area contributed by atoms with Gasteiger partial charge in [-0.1, -0.05) is 18.2 Å². The van der Waals surface area contributed by atoms with E-state index in [0.717, 1.165) is 10.9 Å². The van der Waals surface area contributed by atoms with Gasteiger partial charge in [-0.15, -0.1) is 0 Å². The van der Waals surface area contributed by atoms with Crippen LogP contribution in [0.3, 0.4) is 0 Å². The van der Waals surface area contributed by atoms with Crippen molar-refractivity contribution >= 4 is 16.8 Å². The van der Waals surface area contributed by atoms with Crippen molar-refractivity contribution in [3.05, 3.63) is 30.0 Å². The zero-order chi connectivity index (χ0) is 14.2. The second-order valence-corrected chi connectivity index (χ2v) is 5.17. The first kappa shape index (κ1) is 13.1. The van der Waals surface area contributed by atoms with Crippen molar-refractivity contribution in [1.29, 1.82) is 0 Å². The molecule has 1 fully saturated rings. The van der Waals surface area contributed by atoms with Gasteiger partial charge in [0.15, 0.2) is 5.69 Å². The molecular weight excluding hydrogens is 258 g/mol. The minimum Gasteiger partial charge on any atom is -0.385 e. The normalized spacial score (nSPS) is 26.0.